The van der Waals surface area contributed by atoms with Crippen molar-refractivity contribution in [2.24, 2.45) is 0 Å². The second kappa shape index (κ2) is 6.51. The van der Waals surface area contributed by atoms with Crippen molar-refractivity contribution in [3.63, 3.8) is 0 Å². The van der Waals surface area contributed by atoms with Gasteiger partial charge in [-0.2, -0.15) is 0 Å². The van der Waals surface area contributed by atoms with Crippen molar-refractivity contribution in [1.29, 1.82) is 0 Å². The van der Waals surface area contributed by atoms with E-state index in [-0.39, 0.29) is 11.8 Å². The molecule has 2 aliphatic rings. The Morgan fingerprint density at radius 1 is 1.17 bits per heavy atom. The van der Waals surface area contributed by atoms with Crippen molar-refractivity contribution in [3.8, 4) is 11.5 Å². The summed E-state index contributed by atoms with van der Waals surface area (Å²) in [7, 11) is 3.42. The standard InChI is InChI=1S/C21H20N6O2/c1-25(2)20(28)13-6-9-16-14(10-13)11-26(21(16)29)18-5-3-4-17(23-18)19-24-22-12-27(19)15-7-8-15/h3-6,9-10,12,15H,7-8,11H2,1-2H3. The normalized spacial score (nSPS) is 15.5. The summed E-state index contributed by atoms with van der Waals surface area (Å²) in [5.41, 5.74) is 2.70. The Morgan fingerprint density at radius 2 is 2.00 bits per heavy atom. The molecule has 2 aromatic heterocycles. The lowest BCUT2D eigenvalue weighted by molar-refractivity contribution is 0.0827. The monoisotopic (exact) mass is 388 g/mol. The van der Waals surface area contributed by atoms with Gasteiger partial charge in [0.2, 0.25) is 0 Å². The van der Waals surface area contributed by atoms with Gasteiger partial charge in [-0.25, -0.2) is 4.98 Å². The van der Waals surface area contributed by atoms with Crippen molar-refractivity contribution < 1.29 is 9.59 Å². The van der Waals surface area contributed by atoms with E-state index in [1.165, 1.54) is 4.90 Å². The molecule has 0 saturated heterocycles. The average molecular weight is 388 g/mol. The number of rotatable bonds is 4. The first-order valence-corrected chi connectivity index (χ1v) is 9.56. The van der Waals surface area contributed by atoms with E-state index in [4.69, 9.17) is 4.98 Å². The van der Waals surface area contributed by atoms with Gasteiger partial charge in [-0.1, -0.05) is 6.07 Å². The van der Waals surface area contributed by atoms with E-state index in [9.17, 15) is 9.59 Å². The van der Waals surface area contributed by atoms with Crippen LogP contribution in [0.3, 0.4) is 0 Å². The summed E-state index contributed by atoms with van der Waals surface area (Å²) in [6, 6.07) is 11.2. The molecule has 0 N–H and O–H groups in total. The van der Waals surface area contributed by atoms with Gasteiger partial charge in [-0.15, -0.1) is 10.2 Å². The SMILES string of the molecule is CN(C)C(=O)c1ccc2c(c1)CN(c1cccc(-c3nncn3C3CC3)n1)C2=O. The third kappa shape index (κ3) is 2.97. The van der Waals surface area contributed by atoms with E-state index in [1.54, 1.807) is 43.5 Å². The number of hydrogen-bond donors (Lipinski definition) is 0. The Morgan fingerprint density at radius 3 is 2.76 bits per heavy atom. The van der Waals surface area contributed by atoms with Gasteiger partial charge in [0.15, 0.2) is 5.82 Å². The Balaban J connectivity index is 1.46. The first-order valence-electron chi connectivity index (χ1n) is 9.56. The molecular formula is C21H20N6O2. The molecule has 3 aromatic rings. The maximum absolute atomic E-state index is 13.0. The lowest BCUT2D eigenvalue weighted by atomic mass is 10.1. The van der Waals surface area contributed by atoms with Crippen LogP contribution in [0.5, 0.6) is 0 Å². The maximum atomic E-state index is 13.0. The molecule has 5 rings (SSSR count). The van der Waals surface area contributed by atoms with Crippen molar-refractivity contribution in [2.45, 2.75) is 25.4 Å². The highest BCUT2D eigenvalue weighted by molar-refractivity contribution is 6.10. The molecule has 0 radical (unpaired) electrons. The van der Waals surface area contributed by atoms with Crippen LogP contribution < -0.4 is 4.90 Å². The van der Waals surface area contributed by atoms with Crippen LogP contribution in [0.1, 0.15) is 45.2 Å². The van der Waals surface area contributed by atoms with Gasteiger partial charge in [-0.3, -0.25) is 14.5 Å². The fourth-order valence-electron chi connectivity index (χ4n) is 3.64. The summed E-state index contributed by atoms with van der Waals surface area (Å²) >= 11 is 0. The van der Waals surface area contributed by atoms with Crippen molar-refractivity contribution >= 4 is 17.6 Å². The quantitative estimate of drug-likeness (QED) is 0.686. The molecule has 146 valence electrons. The molecule has 0 atom stereocenters. The highest BCUT2D eigenvalue weighted by Gasteiger charge is 2.31. The molecule has 0 spiro atoms. The number of nitrogens with zero attached hydrogens (tertiary/aromatic N) is 6. The second-order valence-corrected chi connectivity index (χ2v) is 7.64. The predicted octanol–water partition coefficient (Wildman–Crippen LogP) is 2.54. The van der Waals surface area contributed by atoms with Crippen LogP contribution in [-0.2, 0) is 6.54 Å². The molecule has 0 unspecified atom stereocenters. The number of benzene rings is 1. The highest BCUT2D eigenvalue weighted by atomic mass is 16.2. The number of anilines is 1. The smallest absolute Gasteiger partial charge is 0.260 e. The van der Waals surface area contributed by atoms with Crippen LogP contribution in [0.25, 0.3) is 11.5 Å². The molecule has 8 heteroatoms. The van der Waals surface area contributed by atoms with E-state index in [0.29, 0.717) is 35.2 Å². The zero-order chi connectivity index (χ0) is 20.1. The summed E-state index contributed by atoms with van der Waals surface area (Å²) in [5.74, 6) is 1.09. The Labute approximate surface area is 167 Å². The number of carbonyl (C=O) groups is 2. The number of carbonyl (C=O) groups excluding carboxylic acids is 2. The van der Waals surface area contributed by atoms with Crippen LogP contribution in [0.15, 0.2) is 42.7 Å². The second-order valence-electron chi connectivity index (χ2n) is 7.64. The van der Waals surface area contributed by atoms with E-state index < -0.39 is 0 Å². The summed E-state index contributed by atoms with van der Waals surface area (Å²) < 4.78 is 2.05. The highest BCUT2D eigenvalue weighted by Crippen LogP contribution is 2.37. The third-order valence-corrected chi connectivity index (χ3v) is 5.32. The predicted molar refractivity (Wildman–Crippen MR) is 106 cm³/mol. The number of aromatic nitrogens is 4. The fourth-order valence-corrected chi connectivity index (χ4v) is 3.64. The minimum absolute atomic E-state index is 0.0850. The molecule has 1 aliphatic carbocycles. The molecule has 2 amide bonds. The largest absolute Gasteiger partial charge is 0.345 e. The zero-order valence-corrected chi connectivity index (χ0v) is 16.2. The van der Waals surface area contributed by atoms with Gasteiger partial charge in [0.1, 0.15) is 17.8 Å². The lowest BCUT2D eigenvalue weighted by Gasteiger charge is -2.15. The van der Waals surface area contributed by atoms with Crippen LogP contribution in [0.4, 0.5) is 5.82 Å². The fraction of sp³-hybridized carbons (Fsp3) is 0.286. The first kappa shape index (κ1) is 17.5. The molecule has 1 aliphatic heterocycles. The van der Waals surface area contributed by atoms with Crippen molar-refractivity contribution in [3.05, 3.63) is 59.4 Å². The van der Waals surface area contributed by atoms with E-state index in [0.717, 1.165) is 24.2 Å². The minimum atomic E-state index is -0.114. The first-order chi connectivity index (χ1) is 14.0. The van der Waals surface area contributed by atoms with Crippen LogP contribution in [-0.4, -0.2) is 50.6 Å². The maximum Gasteiger partial charge on any atom is 0.260 e. The Bertz CT molecular complexity index is 1130. The average Bonchev–Trinajstić information content (AvgIpc) is 3.36. The molecule has 1 aromatic carbocycles. The molecule has 8 nitrogen and oxygen atoms in total. The molecule has 1 fully saturated rings. The summed E-state index contributed by atoms with van der Waals surface area (Å²) in [4.78, 5) is 33.1. The van der Waals surface area contributed by atoms with Gasteiger partial charge >= 0.3 is 0 Å². The Kier molecular flexibility index (Phi) is 3.94. The van der Waals surface area contributed by atoms with Crippen LogP contribution in [0, 0.1) is 0 Å². The number of fused-ring (bicyclic) bond motifs is 1. The molecule has 0 bridgehead atoms. The summed E-state index contributed by atoms with van der Waals surface area (Å²) in [6.07, 6.45) is 3.98. The number of pyridine rings is 1. The summed E-state index contributed by atoms with van der Waals surface area (Å²) in [6.45, 7) is 0.383. The number of amides is 2. The van der Waals surface area contributed by atoms with E-state index in [2.05, 4.69) is 10.2 Å². The molecule has 29 heavy (non-hydrogen) atoms. The molecule has 3 heterocycles. The van der Waals surface area contributed by atoms with Gasteiger partial charge < -0.3 is 9.47 Å². The van der Waals surface area contributed by atoms with Gasteiger partial charge in [-0.05, 0) is 48.7 Å². The van der Waals surface area contributed by atoms with Crippen molar-refractivity contribution in [2.75, 3.05) is 19.0 Å². The third-order valence-electron chi connectivity index (χ3n) is 5.32. The topological polar surface area (TPSA) is 84.2 Å². The van der Waals surface area contributed by atoms with E-state index >= 15 is 0 Å². The van der Waals surface area contributed by atoms with Crippen LogP contribution in [0.2, 0.25) is 0 Å². The molecule has 1 saturated carbocycles. The van der Waals surface area contributed by atoms with Crippen LogP contribution >= 0.6 is 0 Å². The Hall–Kier alpha value is -3.55. The minimum Gasteiger partial charge on any atom is -0.345 e. The van der Waals surface area contributed by atoms with Gasteiger partial charge in [0.25, 0.3) is 11.8 Å². The van der Waals surface area contributed by atoms with Gasteiger partial charge in [0.05, 0.1) is 6.54 Å². The van der Waals surface area contributed by atoms with E-state index in [1.807, 2.05) is 22.8 Å². The van der Waals surface area contributed by atoms with Crippen molar-refractivity contribution in [1.82, 2.24) is 24.6 Å². The molecular weight excluding hydrogens is 368 g/mol. The van der Waals surface area contributed by atoms with Gasteiger partial charge in [0, 0.05) is 31.3 Å². The zero-order valence-electron chi connectivity index (χ0n) is 16.2. The summed E-state index contributed by atoms with van der Waals surface area (Å²) in [5, 5.41) is 8.26. The lowest BCUT2D eigenvalue weighted by Crippen LogP contribution is -2.24. The number of hydrogen-bond acceptors (Lipinski definition) is 5.